The van der Waals surface area contributed by atoms with Gasteiger partial charge in [-0.2, -0.15) is 0 Å². The maximum absolute atomic E-state index is 6.23. The summed E-state index contributed by atoms with van der Waals surface area (Å²) in [5.41, 5.74) is 14.7. The number of hydrogen-bond acceptors (Lipinski definition) is 2. The molecule has 0 spiro atoms. The number of benzene rings is 10. The summed E-state index contributed by atoms with van der Waals surface area (Å²) in [5, 5.41) is 7.11. The van der Waals surface area contributed by atoms with Crippen molar-refractivity contribution >= 4 is 60.5 Å². The SMILES string of the molecule is c1ccc(-c2ccc(-c3ccccc3N(c3ccc(-c4ccccc4)cc3)c3ccc4cc(-c5ccc6ccc7oc8ccccc8c7c6c5)ccc4c3)cc2)cc1. The van der Waals surface area contributed by atoms with Crippen LogP contribution in [0.25, 0.3) is 88.0 Å². The van der Waals surface area contributed by atoms with E-state index in [0.717, 1.165) is 33.6 Å². The van der Waals surface area contributed by atoms with Gasteiger partial charge < -0.3 is 9.32 Å². The van der Waals surface area contributed by atoms with Crippen molar-refractivity contribution in [3.63, 3.8) is 0 Å². The van der Waals surface area contributed by atoms with E-state index in [9.17, 15) is 0 Å². The van der Waals surface area contributed by atoms with Crippen LogP contribution in [0.15, 0.2) is 229 Å². The molecule has 2 nitrogen and oxygen atoms in total. The lowest BCUT2D eigenvalue weighted by Crippen LogP contribution is -2.11. The highest BCUT2D eigenvalue weighted by molar-refractivity contribution is 6.19. The summed E-state index contributed by atoms with van der Waals surface area (Å²) in [7, 11) is 0. The van der Waals surface area contributed by atoms with Gasteiger partial charge in [0, 0.05) is 27.7 Å². The molecule has 0 aliphatic rings. The lowest BCUT2D eigenvalue weighted by molar-refractivity contribution is 0.669. The zero-order valence-electron chi connectivity index (χ0n) is 31.7. The summed E-state index contributed by atoms with van der Waals surface area (Å²) in [6.07, 6.45) is 0. The molecule has 0 aliphatic heterocycles. The Hall–Kier alpha value is -7.68. The van der Waals surface area contributed by atoms with Gasteiger partial charge in [0.2, 0.25) is 0 Å². The molecule has 2 heteroatoms. The smallest absolute Gasteiger partial charge is 0.136 e. The van der Waals surface area contributed by atoms with E-state index in [-0.39, 0.29) is 0 Å². The van der Waals surface area contributed by atoms with Crippen molar-refractivity contribution in [2.24, 2.45) is 0 Å². The van der Waals surface area contributed by atoms with E-state index in [0.29, 0.717) is 0 Å². The van der Waals surface area contributed by atoms with E-state index < -0.39 is 0 Å². The summed E-state index contributed by atoms with van der Waals surface area (Å²) >= 11 is 0. The molecular weight excluding hydrogens is 703 g/mol. The first-order valence-electron chi connectivity index (χ1n) is 19.8. The summed E-state index contributed by atoms with van der Waals surface area (Å²) in [6, 6.07) is 80.8. The number of hydrogen-bond donors (Lipinski definition) is 0. The third kappa shape index (κ3) is 6.00. The van der Waals surface area contributed by atoms with Crippen molar-refractivity contribution in [1.29, 1.82) is 0 Å². The molecule has 0 atom stereocenters. The fraction of sp³-hybridized carbons (Fsp3) is 0. The van der Waals surface area contributed by atoms with Gasteiger partial charge in [-0.15, -0.1) is 0 Å². The van der Waals surface area contributed by atoms with Gasteiger partial charge in [0.15, 0.2) is 0 Å². The van der Waals surface area contributed by atoms with Crippen LogP contribution in [0.1, 0.15) is 0 Å². The van der Waals surface area contributed by atoms with E-state index in [1.54, 1.807) is 0 Å². The van der Waals surface area contributed by atoms with E-state index in [4.69, 9.17) is 4.42 Å². The fourth-order valence-corrected chi connectivity index (χ4v) is 8.52. The molecule has 0 saturated heterocycles. The van der Waals surface area contributed by atoms with Crippen molar-refractivity contribution in [2.75, 3.05) is 4.90 Å². The van der Waals surface area contributed by atoms with Crippen LogP contribution in [-0.2, 0) is 0 Å². The minimum absolute atomic E-state index is 0.918. The van der Waals surface area contributed by atoms with Gasteiger partial charge in [0.25, 0.3) is 0 Å². The number of anilines is 3. The Kier molecular flexibility index (Phi) is 8.19. The van der Waals surface area contributed by atoms with E-state index in [1.165, 1.54) is 71.4 Å². The Labute approximate surface area is 337 Å². The highest BCUT2D eigenvalue weighted by Crippen LogP contribution is 2.43. The molecule has 10 aromatic carbocycles. The van der Waals surface area contributed by atoms with Gasteiger partial charge in [-0.1, -0.05) is 170 Å². The van der Waals surface area contributed by atoms with Gasteiger partial charge in [0.1, 0.15) is 11.2 Å². The Bertz CT molecular complexity index is 3250. The van der Waals surface area contributed by atoms with Crippen LogP contribution in [0.5, 0.6) is 0 Å². The molecule has 11 rings (SSSR count). The average Bonchev–Trinajstić information content (AvgIpc) is 3.69. The summed E-state index contributed by atoms with van der Waals surface area (Å²) in [4.78, 5) is 2.40. The molecule has 0 N–H and O–H groups in total. The van der Waals surface area contributed by atoms with Crippen LogP contribution >= 0.6 is 0 Å². The largest absolute Gasteiger partial charge is 0.456 e. The van der Waals surface area contributed by atoms with Crippen molar-refractivity contribution in [3.8, 4) is 44.5 Å². The molecule has 0 unspecified atom stereocenters. The van der Waals surface area contributed by atoms with Crippen molar-refractivity contribution in [1.82, 2.24) is 0 Å². The van der Waals surface area contributed by atoms with Gasteiger partial charge in [-0.25, -0.2) is 0 Å². The molecule has 58 heavy (non-hydrogen) atoms. The van der Waals surface area contributed by atoms with Crippen LogP contribution in [0.2, 0.25) is 0 Å². The third-order valence-corrected chi connectivity index (χ3v) is 11.5. The van der Waals surface area contributed by atoms with Crippen molar-refractivity contribution in [2.45, 2.75) is 0 Å². The lowest BCUT2D eigenvalue weighted by atomic mass is 9.96. The molecule has 1 aromatic heterocycles. The van der Waals surface area contributed by atoms with Crippen molar-refractivity contribution in [3.05, 3.63) is 224 Å². The van der Waals surface area contributed by atoms with Crippen LogP contribution in [0.4, 0.5) is 17.1 Å². The Balaban J connectivity index is 1.01. The monoisotopic (exact) mass is 739 g/mol. The second kappa shape index (κ2) is 14.1. The van der Waals surface area contributed by atoms with E-state index in [2.05, 4.69) is 217 Å². The van der Waals surface area contributed by atoms with Gasteiger partial charge in [-0.05, 0) is 115 Å². The molecule has 272 valence electrons. The Morgan fingerprint density at radius 1 is 0.293 bits per heavy atom. The maximum atomic E-state index is 6.23. The van der Waals surface area contributed by atoms with Crippen LogP contribution in [0, 0.1) is 0 Å². The predicted octanol–water partition coefficient (Wildman–Crippen LogP) is 16.0. The first-order chi connectivity index (χ1) is 28.7. The van der Waals surface area contributed by atoms with Crippen LogP contribution in [-0.4, -0.2) is 0 Å². The molecule has 11 aromatic rings. The normalized spacial score (nSPS) is 11.4. The van der Waals surface area contributed by atoms with Gasteiger partial charge >= 0.3 is 0 Å². The maximum Gasteiger partial charge on any atom is 0.136 e. The van der Waals surface area contributed by atoms with E-state index >= 15 is 0 Å². The molecule has 0 saturated carbocycles. The number of furan rings is 1. The Morgan fingerprint density at radius 3 is 1.57 bits per heavy atom. The molecule has 0 fully saturated rings. The van der Waals surface area contributed by atoms with E-state index in [1.807, 2.05) is 12.1 Å². The summed E-state index contributed by atoms with van der Waals surface area (Å²) in [6.45, 7) is 0. The average molecular weight is 740 g/mol. The van der Waals surface area contributed by atoms with Crippen molar-refractivity contribution < 1.29 is 4.42 Å². The minimum atomic E-state index is 0.918. The van der Waals surface area contributed by atoms with Crippen LogP contribution < -0.4 is 4.90 Å². The molecule has 0 aliphatic carbocycles. The number of fused-ring (bicyclic) bond motifs is 6. The Morgan fingerprint density at radius 2 is 0.810 bits per heavy atom. The first-order valence-corrected chi connectivity index (χ1v) is 19.8. The number of nitrogens with zero attached hydrogens (tertiary/aromatic N) is 1. The molecule has 0 bridgehead atoms. The quantitative estimate of drug-likeness (QED) is 0.162. The number of para-hydroxylation sites is 2. The molecule has 1 heterocycles. The lowest BCUT2D eigenvalue weighted by Gasteiger charge is -2.28. The first kappa shape index (κ1) is 33.6. The molecule has 0 radical (unpaired) electrons. The molecule has 0 amide bonds. The van der Waals surface area contributed by atoms with Crippen LogP contribution in [0.3, 0.4) is 0 Å². The summed E-state index contributed by atoms with van der Waals surface area (Å²) in [5.74, 6) is 0. The second-order valence-corrected chi connectivity index (χ2v) is 14.9. The molecular formula is C56H37NO. The number of rotatable bonds is 7. The zero-order chi connectivity index (χ0) is 38.4. The summed E-state index contributed by atoms with van der Waals surface area (Å²) < 4.78 is 6.23. The van der Waals surface area contributed by atoms with Gasteiger partial charge in [-0.3, -0.25) is 0 Å². The minimum Gasteiger partial charge on any atom is -0.456 e. The second-order valence-electron chi connectivity index (χ2n) is 14.9. The zero-order valence-corrected chi connectivity index (χ0v) is 31.7. The highest BCUT2D eigenvalue weighted by Gasteiger charge is 2.18. The predicted molar refractivity (Wildman–Crippen MR) is 245 cm³/mol. The van der Waals surface area contributed by atoms with Gasteiger partial charge in [0.05, 0.1) is 5.69 Å². The topological polar surface area (TPSA) is 16.4 Å². The fourth-order valence-electron chi connectivity index (χ4n) is 8.52. The highest BCUT2D eigenvalue weighted by atomic mass is 16.3. The standard InChI is InChI=1S/C56H37NO/c1-3-11-38(12-4-1)40-19-21-42(22-20-40)50-15-7-9-17-53(50)57(48-31-27-41(28-32-48)39-13-5-2-6-14-39)49-33-29-45-35-44(25-26-46(45)36-49)47-24-23-43-30-34-55-56(52(43)37-47)51-16-8-10-18-54(51)58-55/h1-37H. The third-order valence-electron chi connectivity index (χ3n) is 11.5.